The second kappa shape index (κ2) is 16.3. The Bertz CT molecular complexity index is 866. The van der Waals surface area contributed by atoms with Gasteiger partial charge < -0.3 is 20.7 Å². The Kier molecular flexibility index (Phi) is 13.4. The van der Waals surface area contributed by atoms with Gasteiger partial charge >= 0.3 is 5.97 Å². The number of amides is 3. The molecule has 3 unspecified atom stereocenters. The highest BCUT2D eigenvalue weighted by Gasteiger charge is 2.27. The lowest BCUT2D eigenvalue weighted by molar-refractivity contribution is -0.148. The molecule has 0 aromatic heterocycles. The molecule has 35 heavy (non-hydrogen) atoms. The van der Waals surface area contributed by atoms with Crippen molar-refractivity contribution in [1.29, 1.82) is 0 Å². The number of ether oxygens (including phenoxy) is 1. The van der Waals surface area contributed by atoms with E-state index in [1.807, 2.05) is 36.4 Å². The lowest BCUT2D eigenvalue weighted by Crippen LogP contribution is -2.55. The van der Waals surface area contributed by atoms with E-state index in [-0.39, 0.29) is 36.9 Å². The summed E-state index contributed by atoms with van der Waals surface area (Å²) >= 11 is 8.39. The fourth-order valence-corrected chi connectivity index (χ4v) is 3.97. The summed E-state index contributed by atoms with van der Waals surface area (Å²) in [6, 6.07) is 7.51. The van der Waals surface area contributed by atoms with Gasteiger partial charge in [0.05, 0.1) is 6.42 Å². The first-order chi connectivity index (χ1) is 16.9. The summed E-state index contributed by atoms with van der Waals surface area (Å²) < 4.78 is 5.53. The predicted octanol–water partition coefficient (Wildman–Crippen LogP) is 2.00. The first-order valence-corrected chi connectivity index (χ1v) is 13.2. The van der Waals surface area contributed by atoms with Gasteiger partial charge in [-0.25, -0.2) is 0 Å². The summed E-state index contributed by atoms with van der Waals surface area (Å²) in [4.78, 5) is 50.9. The van der Waals surface area contributed by atoms with E-state index < -0.39 is 30.0 Å². The fourth-order valence-electron chi connectivity index (χ4n) is 3.57. The van der Waals surface area contributed by atoms with E-state index in [2.05, 4.69) is 41.2 Å². The molecule has 0 bridgehead atoms. The van der Waals surface area contributed by atoms with E-state index in [1.54, 1.807) is 6.08 Å². The predicted molar refractivity (Wildman–Crippen MR) is 141 cm³/mol. The molecular weight excluding hydrogens is 486 g/mol. The van der Waals surface area contributed by atoms with Crippen molar-refractivity contribution in [2.24, 2.45) is 0 Å². The van der Waals surface area contributed by atoms with Gasteiger partial charge in [-0.3, -0.25) is 19.2 Å². The van der Waals surface area contributed by atoms with E-state index in [1.165, 1.54) is 0 Å². The number of carbonyl (C=O) groups is 4. The maximum absolute atomic E-state index is 13.1. The summed E-state index contributed by atoms with van der Waals surface area (Å²) in [6.07, 6.45) is 5.81. The topological polar surface area (TPSA) is 114 Å². The minimum absolute atomic E-state index is 0.115. The molecule has 1 fully saturated rings. The highest BCUT2D eigenvalue weighted by atomic mass is 32.1. The average molecular weight is 522 g/mol. The van der Waals surface area contributed by atoms with Crippen molar-refractivity contribution in [3.63, 3.8) is 0 Å². The summed E-state index contributed by atoms with van der Waals surface area (Å²) in [6.45, 7) is 0.424. The van der Waals surface area contributed by atoms with Crippen LogP contribution in [0.4, 0.5) is 0 Å². The summed E-state index contributed by atoms with van der Waals surface area (Å²) in [7, 11) is 0. The van der Waals surface area contributed by atoms with Gasteiger partial charge in [0, 0.05) is 25.1 Å². The van der Waals surface area contributed by atoms with Crippen molar-refractivity contribution < 1.29 is 23.9 Å². The van der Waals surface area contributed by atoms with Crippen LogP contribution in [0.15, 0.2) is 42.5 Å². The van der Waals surface area contributed by atoms with Gasteiger partial charge in [0.15, 0.2) is 0 Å². The highest BCUT2D eigenvalue weighted by molar-refractivity contribution is 7.80. The molecule has 1 aromatic carbocycles. The number of esters is 1. The number of allylic oxidation sites excluding steroid dienone is 1. The molecule has 8 nitrogen and oxygen atoms in total. The lowest BCUT2D eigenvalue weighted by atomic mass is 10.0. The number of cyclic esters (lactones) is 1. The van der Waals surface area contributed by atoms with Crippen LogP contribution in [0.1, 0.15) is 44.1 Å². The molecular formula is C25H35N3O5S2. The number of thiol groups is 2. The molecule has 0 spiro atoms. The van der Waals surface area contributed by atoms with Gasteiger partial charge in [-0.05, 0) is 36.7 Å². The Balaban J connectivity index is 2.24. The van der Waals surface area contributed by atoms with Crippen LogP contribution in [0.2, 0.25) is 0 Å². The first kappa shape index (κ1) is 28.8. The quantitative estimate of drug-likeness (QED) is 0.223. The number of carbonyl (C=O) groups excluding carboxylic acids is 4. The van der Waals surface area contributed by atoms with Crippen molar-refractivity contribution in [2.75, 3.05) is 18.1 Å². The van der Waals surface area contributed by atoms with Crippen LogP contribution in [0, 0.1) is 0 Å². The Hall–Kier alpha value is -2.46. The van der Waals surface area contributed by atoms with E-state index in [0.717, 1.165) is 12.0 Å². The molecule has 1 saturated heterocycles. The number of benzene rings is 1. The molecule has 192 valence electrons. The molecule has 2 rings (SSSR count). The van der Waals surface area contributed by atoms with Crippen molar-refractivity contribution >= 4 is 48.9 Å². The van der Waals surface area contributed by atoms with E-state index in [9.17, 15) is 19.2 Å². The molecule has 3 amide bonds. The van der Waals surface area contributed by atoms with Crippen molar-refractivity contribution in [1.82, 2.24) is 16.0 Å². The molecule has 1 aliphatic heterocycles. The Morgan fingerprint density at radius 1 is 0.943 bits per heavy atom. The van der Waals surface area contributed by atoms with Crippen LogP contribution in [-0.4, -0.2) is 59.9 Å². The zero-order valence-corrected chi connectivity index (χ0v) is 21.6. The van der Waals surface area contributed by atoms with Crippen LogP contribution in [0.25, 0.3) is 0 Å². The number of hydrogen-bond donors (Lipinski definition) is 5. The number of nitrogens with one attached hydrogen (secondary N) is 3. The maximum atomic E-state index is 13.1. The van der Waals surface area contributed by atoms with E-state index in [4.69, 9.17) is 4.74 Å². The Morgan fingerprint density at radius 3 is 2.43 bits per heavy atom. The zero-order valence-electron chi connectivity index (χ0n) is 19.8. The average Bonchev–Trinajstić information content (AvgIpc) is 2.84. The van der Waals surface area contributed by atoms with Crippen LogP contribution < -0.4 is 16.0 Å². The molecule has 0 radical (unpaired) electrons. The SMILES string of the molecule is O=C1CC(/C=C/CCS)OC(=O)CCCCCNC(=O)C(CS)NC(=O)C(Cc2ccccc2)N1. The second-order valence-corrected chi connectivity index (χ2v) is 9.14. The zero-order chi connectivity index (χ0) is 25.5. The number of hydrogen-bond acceptors (Lipinski definition) is 7. The van der Waals surface area contributed by atoms with E-state index >= 15 is 0 Å². The number of rotatable bonds is 6. The third kappa shape index (κ3) is 11.2. The Morgan fingerprint density at radius 2 is 1.71 bits per heavy atom. The highest BCUT2D eigenvalue weighted by Crippen LogP contribution is 2.10. The molecule has 1 aliphatic rings. The van der Waals surface area contributed by atoms with Gasteiger partial charge in [0.25, 0.3) is 0 Å². The van der Waals surface area contributed by atoms with Gasteiger partial charge in [-0.15, -0.1) is 0 Å². The van der Waals surface area contributed by atoms with Crippen molar-refractivity contribution in [2.45, 2.75) is 63.1 Å². The van der Waals surface area contributed by atoms with Crippen LogP contribution in [0.5, 0.6) is 0 Å². The molecule has 1 heterocycles. The minimum Gasteiger partial charge on any atom is -0.458 e. The minimum atomic E-state index is -0.923. The molecule has 3 N–H and O–H groups in total. The van der Waals surface area contributed by atoms with Gasteiger partial charge in [0.2, 0.25) is 17.7 Å². The normalized spacial score (nSPS) is 23.7. The third-order valence-electron chi connectivity index (χ3n) is 5.42. The summed E-state index contributed by atoms with van der Waals surface area (Å²) in [5.74, 6) is -0.909. The summed E-state index contributed by atoms with van der Waals surface area (Å²) in [5, 5.41) is 8.27. The Labute approximate surface area is 217 Å². The van der Waals surface area contributed by atoms with Crippen molar-refractivity contribution in [3.05, 3.63) is 48.0 Å². The van der Waals surface area contributed by atoms with Crippen LogP contribution in [0.3, 0.4) is 0 Å². The first-order valence-electron chi connectivity index (χ1n) is 11.9. The van der Waals surface area contributed by atoms with Crippen LogP contribution in [-0.2, 0) is 30.3 Å². The fraction of sp³-hybridized carbons (Fsp3) is 0.520. The smallest absolute Gasteiger partial charge is 0.306 e. The second-order valence-electron chi connectivity index (χ2n) is 8.33. The van der Waals surface area contributed by atoms with Crippen molar-refractivity contribution in [3.8, 4) is 0 Å². The lowest BCUT2D eigenvalue weighted by Gasteiger charge is -2.23. The van der Waals surface area contributed by atoms with E-state index in [0.29, 0.717) is 31.6 Å². The van der Waals surface area contributed by atoms with Gasteiger partial charge in [-0.2, -0.15) is 25.3 Å². The van der Waals surface area contributed by atoms with Gasteiger partial charge in [0.1, 0.15) is 18.2 Å². The molecule has 1 aromatic rings. The summed E-state index contributed by atoms with van der Waals surface area (Å²) in [5.41, 5.74) is 0.849. The largest absolute Gasteiger partial charge is 0.458 e. The molecule has 3 atom stereocenters. The molecule has 0 aliphatic carbocycles. The monoisotopic (exact) mass is 521 g/mol. The maximum Gasteiger partial charge on any atom is 0.306 e. The van der Waals surface area contributed by atoms with Gasteiger partial charge in [-0.1, -0.05) is 42.8 Å². The third-order valence-corrected chi connectivity index (χ3v) is 6.05. The molecule has 10 heteroatoms. The standard InChI is InChI=1S/C25H35N3O5S2/c29-22-16-19(11-6-8-14-34)33-23(30)12-5-2-7-13-26-24(31)21(17-35)28-25(32)20(27-22)15-18-9-3-1-4-10-18/h1,3-4,6,9-11,19-21,34-35H,2,5,7-8,12-17H2,(H,26,31)(H,27,29)(H,28,32)/b11-6+. The van der Waals surface area contributed by atoms with Crippen LogP contribution >= 0.6 is 25.3 Å². The molecule has 0 saturated carbocycles.